The number of benzene rings is 1. The summed E-state index contributed by atoms with van der Waals surface area (Å²) in [6.45, 7) is 0.412. The molecular formula is C12H11N3O4S. The fourth-order valence-corrected chi connectivity index (χ4v) is 2.03. The average molecular weight is 293 g/mol. The van der Waals surface area contributed by atoms with Crippen molar-refractivity contribution in [2.24, 2.45) is 0 Å². The van der Waals surface area contributed by atoms with Crippen LogP contribution in [0.4, 0.5) is 10.5 Å². The molecule has 0 aliphatic carbocycles. The van der Waals surface area contributed by atoms with Gasteiger partial charge in [0.2, 0.25) is 0 Å². The van der Waals surface area contributed by atoms with Gasteiger partial charge in [-0.2, -0.15) is 0 Å². The van der Waals surface area contributed by atoms with Gasteiger partial charge in [0.05, 0.1) is 16.1 Å². The Balaban J connectivity index is 1.77. The molecule has 7 nitrogen and oxygen atoms in total. The Bertz CT molecular complexity index is 583. The van der Waals surface area contributed by atoms with Crippen LogP contribution in [0.5, 0.6) is 5.75 Å². The topological polar surface area (TPSA) is 94.4 Å². The van der Waals surface area contributed by atoms with Gasteiger partial charge >= 0.3 is 6.09 Å². The molecule has 0 aliphatic rings. The highest BCUT2D eigenvalue weighted by Gasteiger charge is 2.07. The molecule has 0 unspecified atom stereocenters. The third-order valence-corrected chi connectivity index (χ3v) is 3.03. The number of aromatic nitrogens is 1. The third kappa shape index (κ3) is 4.02. The Labute approximate surface area is 118 Å². The minimum atomic E-state index is -0.603. The maximum absolute atomic E-state index is 11.5. The zero-order valence-electron chi connectivity index (χ0n) is 10.3. The van der Waals surface area contributed by atoms with E-state index in [-0.39, 0.29) is 11.4 Å². The first kappa shape index (κ1) is 13.9. The van der Waals surface area contributed by atoms with Gasteiger partial charge in [-0.3, -0.25) is 10.1 Å². The molecule has 1 aromatic carbocycles. The van der Waals surface area contributed by atoms with Crippen molar-refractivity contribution in [1.29, 1.82) is 0 Å². The van der Waals surface area contributed by atoms with Crippen LogP contribution in [0.1, 0.15) is 5.69 Å². The molecule has 0 bridgehead atoms. The monoisotopic (exact) mass is 293 g/mol. The maximum atomic E-state index is 11.5. The predicted octanol–water partition coefficient (Wildman–Crippen LogP) is 2.38. The van der Waals surface area contributed by atoms with Crippen molar-refractivity contribution >= 4 is 23.1 Å². The van der Waals surface area contributed by atoms with Gasteiger partial charge in [-0.1, -0.05) is 0 Å². The molecule has 0 atom stereocenters. The Morgan fingerprint density at radius 3 is 2.75 bits per heavy atom. The lowest BCUT2D eigenvalue weighted by molar-refractivity contribution is -0.384. The van der Waals surface area contributed by atoms with Crippen molar-refractivity contribution in [1.82, 2.24) is 10.3 Å². The number of nitrogens with one attached hydrogen (secondary N) is 1. The van der Waals surface area contributed by atoms with Crippen LogP contribution in [-0.4, -0.2) is 22.5 Å². The molecule has 20 heavy (non-hydrogen) atoms. The van der Waals surface area contributed by atoms with Crippen LogP contribution in [0.3, 0.4) is 0 Å². The fourth-order valence-electron chi connectivity index (χ4n) is 1.43. The predicted molar refractivity (Wildman–Crippen MR) is 72.9 cm³/mol. The van der Waals surface area contributed by atoms with Crippen molar-refractivity contribution in [2.45, 2.75) is 6.42 Å². The van der Waals surface area contributed by atoms with Crippen molar-refractivity contribution in [3.8, 4) is 5.75 Å². The summed E-state index contributed by atoms with van der Waals surface area (Å²) in [4.78, 5) is 25.5. The summed E-state index contributed by atoms with van der Waals surface area (Å²) in [5.74, 6) is 0.252. The summed E-state index contributed by atoms with van der Waals surface area (Å²) in [6, 6.07) is 5.30. The number of thiazole rings is 1. The van der Waals surface area contributed by atoms with E-state index in [1.54, 1.807) is 5.51 Å². The zero-order valence-corrected chi connectivity index (χ0v) is 11.1. The minimum absolute atomic E-state index is 0.0544. The number of carbonyl (C=O) groups excluding carboxylic acids is 1. The summed E-state index contributed by atoms with van der Waals surface area (Å²) in [5.41, 5.74) is 2.58. The van der Waals surface area contributed by atoms with E-state index < -0.39 is 11.0 Å². The van der Waals surface area contributed by atoms with Crippen molar-refractivity contribution in [3.05, 3.63) is 51.0 Å². The molecule has 0 saturated carbocycles. The van der Waals surface area contributed by atoms with E-state index in [1.807, 2.05) is 5.38 Å². The Morgan fingerprint density at radius 1 is 1.40 bits per heavy atom. The normalized spacial score (nSPS) is 10.0. The van der Waals surface area contributed by atoms with Crippen LogP contribution in [0.25, 0.3) is 0 Å². The third-order valence-electron chi connectivity index (χ3n) is 2.39. The number of nitro groups is 1. The molecular weight excluding hydrogens is 282 g/mol. The molecule has 1 N–H and O–H groups in total. The van der Waals surface area contributed by atoms with Crippen LogP contribution >= 0.6 is 11.3 Å². The first-order valence-corrected chi connectivity index (χ1v) is 6.66. The molecule has 0 saturated heterocycles. The molecule has 0 aliphatic heterocycles. The van der Waals surface area contributed by atoms with Crippen molar-refractivity contribution in [2.75, 3.05) is 6.54 Å². The standard InChI is InChI=1S/C12H11N3O4S/c16-12(13-6-5-9-7-20-8-14-9)19-11-3-1-10(2-4-11)15(17)18/h1-4,7-8H,5-6H2,(H,13,16). The molecule has 8 heteroatoms. The van der Waals surface area contributed by atoms with E-state index in [1.165, 1.54) is 35.6 Å². The number of nitrogens with zero attached hydrogens (tertiary/aromatic N) is 2. The highest BCUT2D eigenvalue weighted by molar-refractivity contribution is 7.07. The van der Waals surface area contributed by atoms with Gasteiger partial charge in [0.25, 0.3) is 5.69 Å². The Morgan fingerprint density at radius 2 is 2.15 bits per heavy atom. The van der Waals surface area contributed by atoms with E-state index in [9.17, 15) is 14.9 Å². The first-order valence-electron chi connectivity index (χ1n) is 5.72. The van der Waals surface area contributed by atoms with Crippen molar-refractivity contribution < 1.29 is 14.5 Å². The molecule has 2 rings (SSSR count). The zero-order chi connectivity index (χ0) is 14.4. The number of carbonyl (C=O) groups is 1. The Hall–Kier alpha value is -2.48. The maximum Gasteiger partial charge on any atom is 0.412 e. The molecule has 0 fully saturated rings. The van der Waals surface area contributed by atoms with Gasteiger partial charge in [-0.25, -0.2) is 9.78 Å². The summed E-state index contributed by atoms with van der Waals surface area (Å²) < 4.78 is 4.98. The highest BCUT2D eigenvalue weighted by Crippen LogP contribution is 2.17. The van der Waals surface area contributed by atoms with Gasteiger partial charge in [0.1, 0.15) is 5.75 Å². The van der Waals surface area contributed by atoms with Crippen LogP contribution in [-0.2, 0) is 6.42 Å². The largest absolute Gasteiger partial charge is 0.412 e. The molecule has 2 aromatic rings. The lowest BCUT2D eigenvalue weighted by Gasteiger charge is -2.05. The number of non-ortho nitro benzene ring substituents is 1. The van der Waals surface area contributed by atoms with E-state index in [2.05, 4.69) is 10.3 Å². The summed E-state index contributed by atoms with van der Waals surface area (Å²) in [5, 5.41) is 15.0. The molecule has 1 heterocycles. The van der Waals surface area contributed by atoms with Crippen LogP contribution < -0.4 is 10.1 Å². The lowest BCUT2D eigenvalue weighted by Crippen LogP contribution is -2.28. The fraction of sp³-hybridized carbons (Fsp3) is 0.167. The van der Waals surface area contributed by atoms with Gasteiger partial charge in [-0.05, 0) is 12.1 Å². The molecule has 0 radical (unpaired) electrons. The second-order valence-electron chi connectivity index (χ2n) is 3.80. The minimum Gasteiger partial charge on any atom is -0.410 e. The number of hydrogen-bond acceptors (Lipinski definition) is 6. The number of nitro benzene ring substituents is 1. The molecule has 1 aromatic heterocycles. The van der Waals surface area contributed by atoms with Crippen LogP contribution in [0.2, 0.25) is 0 Å². The summed E-state index contributed by atoms with van der Waals surface area (Å²) >= 11 is 1.49. The van der Waals surface area contributed by atoms with E-state index in [4.69, 9.17) is 4.74 Å². The number of hydrogen-bond donors (Lipinski definition) is 1. The van der Waals surface area contributed by atoms with Gasteiger partial charge in [0.15, 0.2) is 0 Å². The summed E-state index contributed by atoms with van der Waals surface area (Å²) in [6.07, 6.45) is 0.0212. The Kier molecular flexibility index (Phi) is 4.61. The lowest BCUT2D eigenvalue weighted by atomic mass is 10.3. The molecule has 0 spiro atoms. The van der Waals surface area contributed by atoms with Gasteiger partial charge in [0, 0.05) is 30.5 Å². The number of rotatable bonds is 5. The molecule has 104 valence electrons. The quantitative estimate of drug-likeness (QED) is 0.674. The molecule has 1 amide bonds. The van der Waals surface area contributed by atoms with Gasteiger partial charge < -0.3 is 10.1 Å². The van der Waals surface area contributed by atoms with Crippen LogP contribution in [0, 0.1) is 10.1 Å². The second kappa shape index (κ2) is 6.62. The smallest absolute Gasteiger partial charge is 0.410 e. The van der Waals surface area contributed by atoms with E-state index in [0.717, 1.165) is 5.69 Å². The highest BCUT2D eigenvalue weighted by atomic mass is 32.1. The first-order chi connectivity index (χ1) is 9.65. The van der Waals surface area contributed by atoms with Crippen LogP contribution in [0.15, 0.2) is 35.2 Å². The van der Waals surface area contributed by atoms with Gasteiger partial charge in [-0.15, -0.1) is 11.3 Å². The van der Waals surface area contributed by atoms with Crippen molar-refractivity contribution in [3.63, 3.8) is 0 Å². The SMILES string of the molecule is O=C(NCCc1cscn1)Oc1ccc([N+](=O)[O-])cc1. The number of ether oxygens (including phenoxy) is 1. The summed E-state index contributed by atoms with van der Waals surface area (Å²) in [7, 11) is 0. The number of amides is 1. The second-order valence-corrected chi connectivity index (χ2v) is 4.52. The van der Waals surface area contributed by atoms with E-state index >= 15 is 0 Å². The average Bonchev–Trinajstić information content (AvgIpc) is 2.92. The van der Waals surface area contributed by atoms with E-state index in [0.29, 0.717) is 13.0 Å².